The van der Waals surface area contributed by atoms with Gasteiger partial charge in [-0.05, 0) is 82.9 Å². The van der Waals surface area contributed by atoms with Crippen molar-refractivity contribution in [2.24, 2.45) is 0 Å². The van der Waals surface area contributed by atoms with Crippen LogP contribution in [0.2, 0.25) is 0 Å². The first kappa shape index (κ1) is 44.8. The van der Waals surface area contributed by atoms with Crippen LogP contribution in [0.15, 0.2) is 231 Å². The van der Waals surface area contributed by atoms with Gasteiger partial charge in [-0.15, -0.1) is 0 Å². The van der Waals surface area contributed by atoms with Crippen molar-refractivity contribution in [3.05, 3.63) is 270 Å². The van der Waals surface area contributed by atoms with E-state index in [2.05, 4.69) is 169 Å². The van der Waals surface area contributed by atoms with Gasteiger partial charge in [0.2, 0.25) is 0 Å². The molecule has 0 saturated carbocycles. The Kier molecular flexibility index (Phi) is 10.9. The average molecular weight is 967 g/mol. The summed E-state index contributed by atoms with van der Waals surface area (Å²) in [6.07, 6.45) is 0. The number of fused-ring (bicyclic) bond motifs is 6. The van der Waals surface area contributed by atoms with E-state index >= 15 is 0 Å². The largest absolute Gasteiger partial charge is 0.309 e. The van der Waals surface area contributed by atoms with Gasteiger partial charge in [0.05, 0.1) is 70.6 Å². The van der Waals surface area contributed by atoms with E-state index < -0.39 is 0 Å². The zero-order valence-electron chi connectivity index (χ0n) is 40.5. The highest BCUT2D eigenvalue weighted by atomic mass is 15.0. The molecule has 0 aliphatic carbocycles. The quantitative estimate of drug-likeness (QED) is 0.142. The highest BCUT2D eigenvalue weighted by Crippen LogP contribution is 2.47. The van der Waals surface area contributed by atoms with Crippen LogP contribution in [0, 0.1) is 31.0 Å². The SMILES string of the molecule is [C-]#[N+]c1ccc(-c2ccc3c(c2)c2cc(-c4ccc([N+]#[C-])cc4[N+]#[C-])ccc2n3-c2cccc(-c3cc(-c4ccccc4)nc(-c4ccccc4)n3)c2-c2ccccc2-n2c3ccccc3c3ccccc32)c(C#N)c1. The third kappa shape index (κ3) is 7.43. The van der Waals surface area contributed by atoms with Gasteiger partial charge < -0.3 is 9.13 Å². The molecule has 0 fully saturated rings. The molecule has 3 heterocycles. The molecule has 3 aromatic heterocycles. The number of hydrogen-bond donors (Lipinski definition) is 0. The summed E-state index contributed by atoms with van der Waals surface area (Å²) in [6.45, 7) is 23.5. The predicted molar refractivity (Wildman–Crippen MR) is 307 cm³/mol. The third-order valence-electron chi connectivity index (χ3n) is 14.3. The van der Waals surface area contributed by atoms with Crippen molar-refractivity contribution in [2.45, 2.75) is 0 Å². The second-order valence-corrected chi connectivity index (χ2v) is 18.5. The first-order valence-electron chi connectivity index (χ1n) is 24.6. The molecule has 0 atom stereocenters. The Balaban J connectivity index is 1.16. The van der Waals surface area contributed by atoms with Crippen molar-refractivity contribution in [3.63, 3.8) is 0 Å². The van der Waals surface area contributed by atoms with Crippen LogP contribution >= 0.6 is 0 Å². The summed E-state index contributed by atoms with van der Waals surface area (Å²) in [5.41, 5.74) is 16.7. The van der Waals surface area contributed by atoms with Crippen molar-refractivity contribution in [1.29, 1.82) is 5.26 Å². The van der Waals surface area contributed by atoms with Crippen LogP contribution in [0.25, 0.3) is 137 Å². The summed E-state index contributed by atoms with van der Waals surface area (Å²) < 4.78 is 4.69. The third-order valence-corrected chi connectivity index (χ3v) is 14.3. The standard InChI is InChI=1S/C68H38N8/c1-70-48-31-33-50(47(37-48)42-69)45-29-35-64-56(38-45)57-39-46(51-34-32-49(71-2)40-59(51)72-3)30-36-65(57)76(64)66-28-16-24-54(60-41-58(43-17-6-4-7-18-43)73-68(74-60)44-19-8-5-9-20-44)67(66)55-23-12-15-27-63(55)75-61-25-13-10-21-52(61)53-22-11-14-26-62(53)75/h4-41H. The maximum Gasteiger partial charge on any atom is 0.188 e. The Labute approximate surface area is 438 Å². The van der Waals surface area contributed by atoms with Crippen molar-refractivity contribution in [3.8, 4) is 84.7 Å². The number of nitriles is 1. The van der Waals surface area contributed by atoms with Crippen LogP contribution in [0.4, 0.5) is 17.1 Å². The van der Waals surface area contributed by atoms with E-state index in [0.29, 0.717) is 34.0 Å². The van der Waals surface area contributed by atoms with E-state index in [4.69, 9.17) is 29.7 Å². The van der Waals surface area contributed by atoms with Gasteiger partial charge in [0, 0.05) is 54.9 Å². The molecule has 0 aliphatic heterocycles. The fourth-order valence-corrected chi connectivity index (χ4v) is 10.8. The molecule has 0 N–H and O–H groups in total. The molecule has 0 spiro atoms. The first-order valence-corrected chi connectivity index (χ1v) is 24.6. The number of hydrogen-bond acceptors (Lipinski definition) is 3. The molecule has 0 saturated heterocycles. The van der Waals surface area contributed by atoms with Gasteiger partial charge in [0.25, 0.3) is 0 Å². The predicted octanol–water partition coefficient (Wildman–Crippen LogP) is 18.2. The zero-order valence-corrected chi connectivity index (χ0v) is 40.5. The Bertz CT molecular complexity index is 4450. The van der Waals surface area contributed by atoms with E-state index in [1.165, 1.54) is 0 Å². The Hall–Kier alpha value is -11.2. The molecule has 350 valence electrons. The minimum Gasteiger partial charge on any atom is -0.309 e. The number of aromatic nitrogens is 4. The lowest BCUT2D eigenvalue weighted by Crippen LogP contribution is -2.04. The van der Waals surface area contributed by atoms with E-state index in [-0.39, 0.29) is 0 Å². The second-order valence-electron chi connectivity index (χ2n) is 18.5. The van der Waals surface area contributed by atoms with Crippen molar-refractivity contribution >= 4 is 60.7 Å². The van der Waals surface area contributed by atoms with Crippen LogP contribution < -0.4 is 0 Å². The monoisotopic (exact) mass is 966 g/mol. The van der Waals surface area contributed by atoms with E-state index in [9.17, 15) is 5.26 Å². The average Bonchev–Trinajstić information content (AvgIpc) is 4.08. The molecule has 10 aromatic carbocycles. The van der Waals surface area contributed by atoms with Gasteiger partial charge >= 0.3 is 0 Å². The summed E-state index contributed by atoms with van der Waals surface area (Å²) in [5.74, 6) is 0.602. The van der Waals surface area contributed by atoms with Crippen LogP contribution in [0.5, 0.6) is 0 Å². The van der Waals surface area contributed by atoms with Gasteiger partial charge in [0.1, 0.15) is 0 Å². The van der Waals surface area contributed by atoms with Gasteiger partial charge in [-0.2, -0.15) is 5.26 Å². The maximum atomic E-state index is 10.4. The second kappa shape index (κ2) is 18.5. The topological polar surface area (TPSA) is 72.5 Å². The summed E-state index contributed by atoms with van der Waals surface area (Å²) in [4.78, 5) is 21.8. The molecular formula is C68H38N8. The molecular weight excluding hydrogens is 929 g/mol. The lowest BCUT2D eigenvalue weighted by molar-refractivity contribution is 1.15. The molecule has 8 nitrogen and oxygen atoms in total. The van der Waals surface area contributed by atoms with Crippen molar-refractivity contribution in [1.82, 2.24) is 19.1 Å². The molecule has 13 rings (SSSR count). The summed E-state index contributed by atoms with van der Waals surface area (Å²) in [6, 6.07) is 80.0. The fourth-order valence-electron chi connectivity index (χ4n) is 10.8. The van der Waals surface area contributed by atoms with Gasteiger partial charge in [-0.1, -0.05) is 170 Å². The van der Waals surface area contributed by atoms with E-state index in [1.54, 1.807) is 24.3 Å². The zero-order chi connectivity index (χ0) is 51.3. The first-order chi connectivity index (χ1) is 37.5. The molecule has 13 aromatic rings. The number of nitrogens with zero attached hydrogens (tertiary/aromatic N) is 8. The summed E-state index contributed by atoms with van der Waals surface area (Å²) >= 11 is 0. The van der Waals surface area contributed by atoms with Crippen LogP contribution in [0.3, 0.4) is 0 Å². The number of benzene rings is 10. The number of rotatable bonds is 8. The smallest absolute Gasteiger partial charge is 0.188 e. The van der Waals surface area contributed by atoms with Crippen LogP contribution in [-0.2, 0) is 0 Å². The van der Waals surface area contributed by atoms with E-state index in [1.807, 2.05) is 66.7 Å². The lowest BCUT2D eigenvalue weighted by Gasteiger charge is -2.22. The van der Waals surface area contributed by atoms with E-state index in [0.717, 1.165) is 111 Å². The molecule has 0 radical (unpaired) electrons. The highest BCUT2D eigenvalue weighted by Gasteiger charge is 2.25. The van der Waals surface area contributed by atoms with Gasteiger partial charge in [-0.25, -0.2) is 24.5 Å². The minimum absolute atomic E-state index is 0.391. The van der Waals surface area contributed by atoms with Crippen molar-refractivity contribution < 1.29 is 0 Å². The van der Waals surface area contributed by atoms with Crippen LogP contribution in [0.1, 0.15) is 5.56 Å². The highest BCUT2D eigenvalue weighted by molar-refractivity contribution is 6.14. The number of para-hydroxylation sites is 3. The Morgan fingerprint density at radius 1 is 0.368 bits per heavy atom. The van der Waals surface area contributed by atoms with Gasteiger partial charge in [-0.3, -0.25) is 0 Å². The Morgan fingerprint density at radius 3 is 1.55 bits per heavy atom. The summed E-state index contributed by atoms with van der Waals surface area (Å²) in [7, 11) is 0. The normalized spacial score (nSPS) is 11.1. The molecule has 8 heteroatoms. The van der Waals surface area contributed by atoms with Gasteiger partial charge in [0.15, 0.2) is 22.9 Å². The minimum atomic E-state index is 0.391. The van der Waals surface area contributed by atoms with Crippen LogP contribution in [-0.4, -0.2) is 19.1 Å². The molecule has 0 unspecified atom stereocenters. The fraction of sp³-hybridized carbons (Fsp3) is 0. The molecule has 0 aliphatic rings. The van der Waals surface area contributed by atoms with Crippen molar-refractivity contribution in [2.75, 3.05) is 0 Å². The maximum absolute atomic E-state index is 10.4. The molecule has 0 amide bonds. The lowest BCUT2D eigenvalue weighted by atomic mass is 9.93. The molecule has 76 heavy (non-hydrogen) atoms. The Morgan fingerprint density at radius 2 is 0.895 bits per heavy atom. The molecule has 0 bridgehead atoms. The summed E-state index contributed by atoms with van der Waals surface area (Å²) in [5, 5.41) is 14.5.